The summed E-state index contributed by atoms with van der Waals surface area (Å²) in [6, 6.07) is 7.54. The number of aliphatic carboxylic acids is 1. The zero-order valence-electron chi connectivity index (χ0n) is 15.6. The molecule has 1 aromatic heterocycles. The van der Waals surface area contributed by atoms with Gasteiger partial charge in [0.25, 0.3) is 0 Å². The molecule has 2 aromatic carbocycles. The Balaban J connectivity index is 2.31. The zero-order chi connectivity index (χ0) is 19.2. The largest absolute Gasteiger partial charge is 0.481 e. The van der Waals surface area contributed by atoms with Crippen LogP contribution in [0, 0.1) is 27.7 Å². The van der Waals surface area contributed by atoms with E-state index < -0.39 is 11.9 Å². The second-order valence-corrected chi connectivity index (χ2v) is 6.97. The lowest BCUT2D eigenvalue weighted by atomic mass is 9.86. The van der Waals surface area contributed by atoms with Crippen LogP contribution in [0.1, 0.15) is 56.6 Å². The number of carboxylic acid groups (broad SMARTS) is 1. The Hall–Kier alpha value is -2.88. The van der Waals surface area contributed by atoms with E-state index in [-0.39, 0.29) is 5.78 Å². The van der Waals surface area contributed by atoms with Gasteiger partial charge in [0, 0.05) is 10.9 Å². The molecule has 0 radical (unpaired) electrons. The maximum absolute atomic E-state index is 13.5. The summed E-state index contributed by atoms with van der Waals surface area (Å²) in [7, 11) is 0. The standard InChI is InChI=1S/C22H22O4/c1-11-8-12(2)18(13(3)9-11)20(23)19-14(4)17(15(5)22(24)25)10-16-6-7-26-21(16)19/h6-10,15H,1-5H3,(H,24,25). The maximum atomic E-state index is 13.5. The van der Waals surface area contributed by atoms with Crippen molar-refractivity contribution >= 4 is 22.7 Å². The van der Waals surface area contributed by atoms with Gasteiger partial charge in [-0.1, -0.05) is 17.7 Å². The fourth-order valence-corrected chi connectivity index (χ4v) is 3.75. The van der Waals surface area contributed by atoms with Crippen LogP contribution in [-0.2, 0) is 4.79 Å². The van der Waals surface area contributed by atoms with Crippen LogP contribution in [0.3, 0.4) is 0 Å². The minimum Gasteiger partial charge on any atom is -0.481 e. The average Bonchev–Trinajstić information content (AvgIpc) is 3.00. The number of furan rings is 1. The van der Waals surface area contributed by atoms with Crippen LogP contribution in [0.25, 0.3) is 11.0 Å². The lowest BCUT2D eigenvalue weighted by Gasteiger charge is -2.17. The quantitative estimate of drug-likeness (QED) is 0.666. The van der Waals surface area contributed by atoms with Crippen LogP contribution in [0.2, 0.25) is 0 Å². The molecule has 0 aliphatic heterocycles. The molecule has 1 unspecified atom stereocenters. The molecular formula is C22H22O4. The Kier molecular flexibility index (Phi) is 4.45. The van der Waals surface area contributed by atoms with E-state index >= 15 is 0 Å². The summed E-state index contributed by atoms with van der Waals surface area (Å²) in [6.45, 7) is 9.27. The van der Waals surface area contributed by atoms with E-state index in [0.717, 1.165) is 22.1 Å². The summed E-state index contributed by atoms with van der Waals surface area (Å²) in [6.07, 6.45) is 1.53. The molecular weight excluding hydrogens is 328 g/mol. The van der Waals surface area contributed by atoms with Crippen LogP contribution in [-0.4, -0.2) is 16.9 Å². The van der Waals surface area contributed by atoms with Crippen molar-refractivity contribution in [2.45, 2.75) is 40.5 Å². The van der Waals surface area contributed by atoms with E-state index in [0.29, 0.717) is 27.8 Å². The second-order valence-electron chi connectivity index (χ2n) is 6.97. The Bertz CT molecular complexity index is 1020. The smallest absolute Gasteiger partial charge is 0.310 e. The Morgan fingerprint density at radius 3 is 2.19 bits per heavy atom. The molecule has 0 aliphatic carbocycles. The van der Waals surface area contributed by atoms with Crippen molar-refractivity contribution in [1.29, 1.82) is 0 Å². The van der Waals surface area contributed by atoms with Gasteiger partial charge in [-0.05, 0) is 69.0 Å². The van der Waals surface area contributed by atoms with Gasteiger partial charge in [-0.3, -0.25) is 9.59 Å². The van der Waals surface area contributed by atoms with E-state index in [9.17, 15) is 14.7 Å². The third kappa shape index (κ3) is 2.81. The molecule has 3 rings (SSSR count). The van der Waals surface area contributed by atoms with Crippen molar-refractivity contribution in [3.05, 3.63) is 69.5 Å². The van der Waals surface area contributed by atoms with Gasteiger partial charge in [0.2, 0.25) is 0 Å². The van der Waals surface area contributed by atoms with Gasteiger partial charge in [0.05, 0.1) is 17.7 Å². The first-order valence-electron chi connectivity index (χ1n) is 8.58. The zero-order valence-corrected chi connectivity index (χ0v) is 15.6. The van der Waals surface area contributed by atoms with E-state index in [4.69, 9.17) is 4.42 Å². The fourth-order valence-electron chi connectivity index (χ4n) is 3.75. The number of rotatable bonds is 4. The van der Waals surface area contributed by atoms with Gasteiger partial charge in [-0.2, -0.15) is 0 Å². The third-order valence-corrected chi connectivity index (χ3v) is 5.01. The van der Waals surface area contributed by atoms with Crippen molar-refractivity contribution in [3.63, 3.8) is 0 Å². The van der Waals surface area contributed by atoms with Crippen LogP contribution in [0.4, 0.5) is 0 Å². The number of aryl methyl sites for hydroxylation is 3. The van der Waals surface area contributed by atoms with Crippen molar-refractivity contribution in [1.82, 2.24) is 0 Å². The van der Waals surface area contributed by atoms with Crippen molar-refractivity contribution in [2.75, 3.05) is 0 Å². The first-order valence-corrected chi connectivity index (χ1v) is 8.58. The highest BCUT2D eigenvalue weighted by atomic mass is 16.4. The predicted octanol–water partition coefficient (Wildman–Crippen LogP) is 5.09. The van der Waals surface area contributed by atoms with E-state index in [1.54, 1.807) is 26.0 Å². The molecule has 4 nitrogen and oxygen atoms in total. The van der Waals surface area contributed by atoms with Crippen molar-refractivity contribution < 1.29 is 19.1 Å². The SMILES string of the molecule is Cc1cc(C)c(C(=O)c2c(C)c(C(C)C(=O)O)cc3ccoc23)c(C)c1. The average molecular weight is 350 g/mol. The minimum atomic E-state index is -0.919. The first kappa shape index (κ1) is 17.9. The van der Waals surface area contributed by atoms with Crippen LogP contribution >= 0.6 is 0 Å². The molecule has 26 heavy (non-hydrogen) atoms. The summed E-state index contributed by atoms with van der Waals surface area (Å²) in [4.78, 5) is 25.0. The molecule has 1 atom stereocenters. The van der Waals surface area contributed by atoms with Crippen molar-refractivity contribution in [3.8, 4) is 0 Å². The molecule has 0 saturated carbocycles. The fraction of sp³-hybridized carbons (Fsp3) is 0.273. The maximum Gasteiger partial charge on any atom is 0.310 e. The second kappa shape index (κ2) is 6.45. The van der Waals surface area contributed by atoms with Crippen LogP contribution < -0.4 is 0 Å². The highest BCUT2D eigenvalue weighted by molar-refractivity contribution is 6.17. The highest BCUT2D eigenvalue weighted by Gasteiger charge is 2.26. The molecule has 0 aliphatic rings. The van der Waals surface area contributed by atoms with Gasteiger partial charge >= 0.3 is 5.97 Å². The van der Waals surface area contributed by atoms with Gasteiger partial charge in [0.1, 0.15) is 5.58 Å². The summed E-state index contributed by atoms with van der Waals surface area (Å²) < 4.78 is 5.60. The van der Waals surface area contributed by atoms with Crippen LogP contribution in [0.5, 0.6) is 0 Å². The molecule has 1 N–H and O–H groups in total. The molecule has 0 saturated heterocycles. The van der Waals surface area contributed by atoms with Gasteiger partial charge in [0.15, 0.2) is 5.78 Å². The predicted molar refractivity (Wildman–Crippen MR) is 101 cm³/mol. The monoisotopic (exact) mass is 350 g/mol. The summed E-state index contributed by atoms with van der Waals surface area (Å²) in [5.74, 6) is -1.75. The van der Waals surface area contributed by atoms with Gasteiger partial charge in [-0.15, -0.1) is 0 Å². The number of benzene rings is 2. The van der Waals surface area contributed by atoms with Gasteiger partial charge < -0.3 is 9.52 Å². The number of carbonyl (C=O) groups is 2. The molecule has 0 amide bonds. The number of ketones is 1. The first-order chi connectivity index (χ1) is 12.2. The molecule has 0 spiro atoms. The molecule has 3 aromatic rings. The number of hydrogen-bond donors (Lipinski definition) is 1. The molecule has 0 bridgehead atoms. The minimum absolute atomic E-state index is 0.128. The summed E-state index contributed by atoms with van der Waals surface area (Å²) in [5, 5.41) is 10.2. The summed E-state index contributed by atoms with van der Waals surface area (Å²) >= 11 is 0. The molecule has 4 heteroatoms. The molecule has 1 heterocycles. The Labute approximate surface area is 152 Å². The number of carbonyl (C=O) groups excluding carboxylic acids is 1. The number of fused-ring (bicyclic) bond motifs is 1. The number of hydrogen-bond acceptors (Lipinski definition) is 3. The third-order valence-electron chi connectivity index (χ3n) is 5.01. The number of carboxylic acids is 1. The topological polar surface area (TPSA) is 67.5 Å². The van der Waals surface area contributed by atoms with E-state index in [1.807, 2.05) is 32.9 Å². The Morgan fingerprint density at radius 2 is 1.62 bits per heavy atom. The lowest BCUT2D eigenvalue weighted by Crippen LogP contribution is -2.14. The van der Waals surface area contributed by atoms with Crippen LogP contribution in [0.15, 0.2) is 34.9 Å². The van der Waals surface area contributed by atoms with E-state index in [1.165, 1.54) is 6.26 Å². The molecule has 134 valence electrons. The highest BCUT2D eigenvalue weighted by Crippen LogP contribution is 2.33. The Morgan fingerprint density at radius 1 is 1.00 bits per heavy atom. The molecule has 0 fully saturated rings. The van der Waals surface area contributed by atoms with Crippen molar-refractivity contribution in [2.24, 2.45) is 0 Å². The van der Waals surface area contributed by atoms with E-state index in [2.05, 4.69) is 0 Å². The van der Waals surface area contributed by atoms with Gasteiger partial charge in [-0.25, -0.2) is 0 Å². The normalized spacial score (nSPS) is 12.3. The summed E-state index contributed by atoms with van der Waals surface area (Å²) in [5.41, 5.74) is 5.82. The lowest BCUT2D eigenvalue weighted by molar-refractivity contribution is -0.138.